The fourth-order valence-electron chi connectivity index (χ4n) is 4.65. The molecule has 1 saturated heterocycles. The van der Waals surface area contributed by atoms with Crippen LogP contribution in [0.2, 0.25) is 0 Å². The summed E-state index contributed by atoms with van der Waals surface area (Å²) in [6, 6.07) is 10.4. The van der Waals surface area contributed by atoms with E-state index in [0.29, 0.717) is 5.92 Å². The number of hydrogen-bond acceptors (Lipinski definition) is 4. The van der Waals surface area contributed by atoms with Crippen LogP contribution in [0.4, 0.5) is 0 Å². The Bertz CT molecular complexity index is 950. The molecule has 0 unspecified atom stereocenters. The van der Waals surface area contributed by atoms with Gasteiger partial charge in [-0.1, -0.05) is 26.0 Å². The number of likely N-dealkylation sites (tertiary alicyclic amines) is 1. The highest BCUT2D eigenvalue weighted by Crippen LogP contribution is 2.49. The van der Waals surface area contributed by atoms with Gasteiger partial charge in [0.15, 0.2) is 5.60 Å². The molecule has 0 saturated carbocycles. The molecule has 0 radical (unpaired) electrons. The molecule has 0 atom stereocenters. The monoisotopic (exact) mass is 377 g/mol. The lowest BCUT2D eigenvalue weighted by Crippen LogP contribution is -2.48. The fourth-order valence-corrected chi connectivity index (χ4v) is 4.65. The maximum Gasteiger partial charge on any atom is 0.153 e. The van der Waals surface area contributed by atoms with E-state index in [2.05, 4.69) is 47.6 Å². The van der Waals surface area contributed by atoms with Crippen molar-refractivity contribution in [2.75, 3.05) is 13.1 Å². The van der Waals surface area contributed by atoms with Gasteiger partial charge in [0.1, 0.15) is 5.75 Å². The molecular weight excluding hydrogens is 350 g/mol. The Balaban J connectivity index is 1.48. The van der Waals surface area contributed by atoms with Gasteiger partial charge in [-0.25, -0.2) is 4.98 Å². The summed E-state index contributed by atoms with van der Waals surface area (Å²) in [5.41, 5.74) is 4.43. The number of hydrogen-bond donors (Lipinski definition) is 0. The highest BCUT2D eigenvalue weighted by atomic mass is 16.5. The topological polar surface area (TPSA) is 43.4 Å². The van der Waals surface area contributed by atoms with Crippen molar-refractivity contribution >= 4 is 0 Å². The molecule has 1 spiro atoms. The van der Waals surface area contributed by atoms with Gasteiger partial charge < -0.3 is 13.7 Å². The van der Waals surface area contributed by atoms with Crippen LogP contribution in [0.5, 0.6) is 5.75 Å². The first-order chi connectivity index (χ1) is 13.6. The van der Waals surface area contributed by atoms with Crippen molar-refractivity contribution in [2.24, 2.45) is 5.92 Å². The van der Waals surface area contributed by atoms with E-state index >= 15 is 0 Å². The number of benzene rings is 1. The van der Waals surface area contributed by atoms with Gasteiger partial charge in [-0.3, -0.25) is 4.90 Å². The molecule has 1 aromatic carbocycles. The molecule has 0 N–H and O–H groups in total. The molecule has 5 heteroatoms. The predicted octanol–water partition coefficient (Wildman–Crippen LogP) is 4.68. The van der Waals surface area contributed by atoms with Gasteiger partial charge >= 0.3 is 0 Å². The highest BCUT2D eigenvalue weighted by Gasteiger charge is 2.46. The zero-order valence-corrected chi connectivity index (χ0v) is 16.6. The van der Waals surface area contributed by atoms with Gasteiger partial charge in [-0.2, -0.15) is 0 Å². The van der Waals surface area contributed by atoms with E-state index in [4.69, 9.17) is 14.1 Å². The number of imidazole rings is 1. The Morgan fingerprint density at radius 2 is 1.96 bits per heavy atom. The Hall–Kier alpha value is -2.53. The van der Waals surface area contributed by atoms with E-state index in [1.807, 2.05) is 18.7 Å². The van der Waals surface area contributed by atoms with Crippen LogP contribution in [0.15, 0.2) is 53.6 Å². The molecule has 4 heterocycles. The largest absolute Gasteiger partial charge is 0.480 e. The van der Waals surface area contributed by atoms with Crippen molar-refractivity contribution in [1.82, 2.24) is 14.5 Å². The quantitative estimate of drug-likeness (QED) is 0.662. The van der Waals surface area contributed by atoms with E-state index in [1.54, 1.807) is 6.26 Å². The third kappa shape index (κ3) is 2.94. The molecule has 2 aliphatic heterocycles. The molecule has 0 aliphatic carbocycles. The number of ether oxygens (including phenoxy) is 1. The molecule has 0 bridgehead atoms. The SMILES string of the molecule is CC(C)Cn1cnc2c1C1(CCN(Cc3ccoc3)CC1)Oc1ccccc1-2. The number of nitrogens with zero attached hydrogens (tertiary/aromatic N) is 3. The molecular formula is C23H27N3O2. The van der Waals surface area contributed by atoms with Crippen LogP contribution in [0, 0.1) is 5.92 Å². The number of aromatic nitrogens is 2. The summed E-state index contributed by atoms with van der Waals surface area (Å²) in [4.78, 5) is 7.33. The normalized spacial score (nSPS) is 18.1. The lowest BCUT2D eigenvalue weighted by molar-refractivity contribution is -0.0133. The molecule has 1 fully saturated rings. The van der Waals surface area contributed by atoms with Crippen LogP contribution in [0.1, 0.15) is 37.9 Å². The highest BCUT2D eigenvalue weighted by molar-refractivity contribution is 5.72. The van der Waals surface area contributed by atoms with Gasteiger partial charge in [-0.15, -0.1) is 0 Å². The second kappa shape index (κ2) is 6.82. The number of piperidine rings is 1. The first-order valence-electron chi connectivity index (χ1n) is 10.2. The average Bonchev–Trinajstić information content (AvgIpc) is 3.34. The van der Waals surface area contributed by atoms with Crippen molar-refractivity contribution in [3.63, 3.8) is 0 Å². The van der Waals surface area contributed by atoms with Crippen molar-refractivity contribution < 1.29 is 9.15 Å². The molecule has 28 heavy (non-hydrogen) atoms. The molecule has 3 aromatic rings. The minimum absolute atomic E-state index is 0.290. The molecule has 146 valence electrons. The Labute approximate surface area is 165 Å². The van der Waals surface area contributed by atoms with Gasteiger partial charge in [0.05, 0.1) is 30.2 Å². The minimum atomic E-state index is -0.290. The number of furan rings is 1. The zero-order valence-electron chi connectivity index (χ0n) is 16.6. The smallest absolute Gasteiger partial charge is 0.153 e. The molecule has 2 aliphatic rings. The molecule has 0 amide bonds. The van der Waals surface area contributed by atoms with E-state index in [9.17, 15) is 0 Å². The molecule has 2 aromatic heterocycles. The van der Waals surface area contributed by atoms with Crippen LogP contribution >= 0.6 is 0 Å². The third-order valence-electron chi connectivity index (χ3n) is 5.93. The van der Waals surface area contributed by atoms with Crippen LogP contribution < -0.4 is 4.74 Å². The van der Waals surface area contributed by atoms with Crippen LogP contribution in [0.3, 0.4) is 0 Å². The van der Waals surface area contributed by atoms with E-state index in [0.717, 1.165) is 56.0 Å². The lowest BCUT2D eigenvalue weighted by Gasteiger charge is -2.44. The lowest BCUT2D eigenvalue weighted by atomic mass is 9.83. The Morgan fingerprint density at radius 3 is 2.71 bits per heavy atom. The maximum absolute atomic E-state index is 6.74. The first kappa shape index (κ1) is 17.6. The van der Waals surface area contributed by atoms with Gasteiger partial charge in [-0.05, 0) is 24.1 Å². The summed E-state index contributed by atoms with van der Waals surface area (Å²) in [7, 11) is 0. The van der Waals surface area contributed by atoms with Crippen LogP contribution in [-0.4, -0.2) is 27.5 Å². The summed E-state index contributed by atoms with van der Waals surface area (Å²) >= 11 is 0. The predicted molar refractivity (Wildman–Crippen MR) is 108 cm³/mol. The third-order valence-corrected chi connectivity index (χ3v) is 5.93. The van der Waals surface area contributed by atoms with Crippen molar-refractivity contribution in [3.8, 4) is 17.0 Å². The summed E-state index contributed by atoms with van der Waals surface area (Å²) in [5, 5.41) is 0. The van der Waals surface area contributed by atoms with E-state index in [1.165, 1.54) is 11.3 Å². The summed E-state index contributed by atoms with van der Waals surface area (Å²) in [6.07, 6.45) is 7.54. The van der Waals surface area contributed by atoms with Gasteiger partial charge in [0.2, 0.25) is 0 Å². The Kier molecular flexibility index (Phi) is 4.27. The molecule has 5 nitrogen and oxygen atoms in total. The first-order valence-corrected chi connectivity index (χ1v) is 10.2. The summed E-state index contributed by atoms with van der Waals surface area (Å²) in [5.74, 6) is 1.53. The van der Waals surface area contributed by atoms with Crippen molar-refractivity contribution in [1.29, 1.82) is 0 Å². The summed E-state index contributed by atoms with van der Waals surface area (Å²) < 4.78 is 14.3. The van der Waals surface area contributed by atoms with E-state index in [-0.39, 0.29) is 5.60 Å². The maximum atomic E-state index is 6.74. The van der Waals surface area contributed by atoms with Gasteiger partial charge in [0, 0.05) is 50.1 Å². The minimum Gasteiger partial charge on any atom is -0.480 e. The van der Waals surface area contributed by atoms with Crippen molar-refractivity contribution in [3.05, 3.63) is 60.4 Å². The van der Waals surface area contributed by atoms with Crippen LogP contribution in [0.25, 0.3) is 11.3 Å². The standard InChI is InChI=1S/C23H27N3O2/c1-17(2)13-26-16-24-21-19-5-3-4-6-20(19)28-23(22(21)26)8-10-25(11-9-23)14-18-7-12-27-15-18/h3-7,12,15-17H,8-11,13-14H2,1-2H3. The molecule has 5 rings (SSSR count). The number of rotatable bonds is 4. The Morgan fingerprint density at radius 1 is 1.14 bits per heavy atom. The zero-order chi connectivity index (χ0) is 19.1. The fraction of sp³-hybridized carbons (Fsp3) is 0.435. The summed E-state index contributed by atoms with van der Waals surface area (Å²) in [6.45, 7) is 8.41. The van der Waals surface area contributed by atoms with E-state index < -0.39 is 0 Å². The van der Waals surface area contributed by atoms with Gasteiger partial charge in [0.25, 0.3) is 0 Å². The number of para-hydroxylation sites is 1. The van der Waals surface area contributed by atoms with Crippen molar-refractivity contribution in [2.45, 2.75) is 45.4 Å². The van der Waals surface area contributed by atoms with Crippen LogP contribution in [-0.2, 0) is 18.7 Å². The average molecular weight is 377 g/mol. The second-order valence-electron chi connectivity index (χ2n) is 8.49. The number of fused-ring (bicyclic) bond motifs is 4. The second-order valence-corrected chi connectivity index (χ2v) is 8.49.